The predicted octanol–water partition coefficient (Wildman–Crippen LogP) is 4.36. The van der Waals surface area contributed by atoms with Crippen LogP contribution in [0, 0.1) is 0 Å². The van der Waals surface area contributed by atoms with Gasteiger partial charge in [-0.1, -0.05) is 54.6 Å². The van der Waals surface area contributed by atoms with E-state index in [0.29, 0.717) is 48.1 Å². The lowest BCUT2D eigenvalue weighted by atomic mass is 10.1. The molecular weight excluding hydrogens is 438 g/mol. The van der Waals surface area contributed by atoms with Gasteiger partial charge in [0.25, 0.3) is 5.91 Å². The third kappa shape index (κ3) is 6.02. The molecule has 0 N–H and O–H groups in total. The van der Waals surface area contributed by atoms with Gasteiger partial charge in [-0.15, -0.1) is 0 Å². The molecule has 0 spiro atoms. The second kappa shape index (κ2) is 9.92. The Morgan fingerprint density at radius 3 is 2.33 bits per heavy atom. The maximum Gasteiger partial charge on any atom is 0.258 e. The summed E-state index contributed by atoms with van der Waals surface area (Å²) >= 11 is 0. The fourth-order valence-corrected chi connectivity index (χ4v) is 4.36. The zero-order chi connectivity index (χ0) is 23.3. The molecule has 0 saturated heterocycles. The van der Waals surface area contributed by atoms with Crippen molar-refractivity contribution in [1.29, 1.82) is 0 Å². The van der Waals surface area contributed by atoms with Gasteiger partial charge in [0, 0.05) is 30.1 Å². The Labute approximate surface area is 194 Å². The maximum atomic E-state index is 13.5. The van der Waals surface area contributed by atoms with Crippen molar-refractivity contribution >= 4 is 27.5 Å². The van der Waals surface area contributed by atoms with Gasteiger partial charge in [0.2, 0.25) is 0 Å². The number of anilines is 1. The van der Waals surface area contributed by atoms with Gasteiger partial charge in [0.15, 0.2) is 21.3 Å². The van der Waals surface area contributed by atoms with Crippen LogP contribution >= 0.6 is 0 Å². The number of ether oxygens (including phenoxy) is 2. The minimum Gasteiger partial charge on any atom is -0.486 e. The van der Waals surface area contributed by atoms with Crippen LogP contribution < -0.4 is 14.4 Å². The zero-order valence-corrected chi connectivity index (χ0v) is 19.1. The van der Waals surface area contributed by atoms with E-state index in [0.717, 1.165) is 5.56 Å². The first kappa shape index (κ1) is 22.6. The van der Waals surface area contributed by atoms with E-state index in [1.54, 1.807) is 41.3 Å². The van der Waals surface area contributed by atoms with E-state index in [1.807, 2.05) is 48.6 Å². The highest BCUT2D eigenvalue weighted by molar-refractivity contribution is 7.89. The van der Waals surface area contributed by atoms with E-state index in [-0.39, 0.29) is 11.7 Å². The van der Waals surface area contributed by atoms with Crippen molar-refractivity contribution in [1.82, 2.24) is 0 Å². The summed E-state index contributed by atoms with van der Waals surface area (Å²) in [4.78, 5) is 15.1. The summed E-state index contributed by atoms with van der Waals surface area (Å²) in [5, 5.41) is 0. The van der Waals surface area contributed by atoms with Crippen molar-refractivity contribution in [2.45, 2.75) is 5.75 Å². The Hall–Kier alpha value is -3.58. The van der Waals surface area contributed by atoms with E-state index in [1.165, 1.54) is 6.26 Å². The molecule has 0 bridgehead atoms. The number of carbonyl (C=O) groups excluding carboxylic acids is 1. The molecule has 7 heteroatoms. The second-order valence-electron chi connectivity index (χ2n) is 7.82. The second-order valence-corrected chi connectivity index (χ2v) is 9.96. The summed E-state index contributed by atoms with van der Waals surface area (Å²) in [7, 11) is -3.15. The molecule has 0 radical (unpaired) electrons. The zero-order valence-electron chi connectivity index (χ0n) is 18.3. The Morgan fingerprint density at radius 1 is 0.939 bits per heavy atom. The van der Waals surface area contributed by atoms with Gasteiger partial charge in [-0.05, 0) is 35.4 Å². The van der Waals surface area contributed by atoms with Crippen molar-refractivity contribution in [3.8, 4) is 11.5 Å². The van der Waals surface area contributed by atoms with Gasteiger partial charge >= 0.3 is 0 Å². The van der Waals surface area contributed by atoms with Gasteiger partial charge in [-0.3, -0.25) is 4.79 Å². The molecule has 4 rings (SSSR count). The minimum absolute atomic E-state index is 0.0623. The molecule has 1 aliphatic heterocycles. The SMILES string of the molecule is CS(=O)(=O)Cc1ccc(C(=O)N(C/C=C/c2ccccc2)c2ccc3c(c2)OCCO3)cc1. The van der Waals surface area contributed by atoms with E-state index in [4.69, 9.17) is 9.47 Å². The van der Waals surface area contributed by atoms with Gasteiger partial charge < -0.3 is 14.4 Å². The minimum atomic E-state index is -3.15. The molecule has 0 atom stereocenters. The molecule has 0 aromatic heterocycles. The molecule has 3 aromatic rings. The third-order valence-corrected chi connectivity index (χ3v) is 5.97. The molecule has 1 aliphatic rings. The maximum absolute atomic E-state index is 13.5. The van der Waals surface area contributed by atoms with Gasteiger partial charge in [-0.25, -0.2) is 8.42 Å². The van der Waals surface area contributed by atoms with Gasteiger partial charge in [-0.2, -0.15) is 0 Å². The summed E-state index contributed by atoms with van der Waals surface area (Å²) in [6.45, 7) is 1.30. The van der Waals surface area contributed by atoms with Crippen molar-refractivity contribution in [2.75, 3.05) is 30.9 Å². The topological polar surface area (TPSA) is 72.9 Å². The van der Waals surface area contributed by atoms with E-state index < -0.39 is 9.84 Å². The first-order valence-corrected chi connectivity index (χ1v) is 12.6. The molecule has 170 valence electrons. The van der Waals surface area contributed by atoms with Crippen LogP contribution in [0.25, 0.3) is 6.08 Å². The highest BCUT2D eigenvalue weighted by atomic mass is 32.2. The molecule has 3 aromatic carbocycles. The van der Waals surface area contributed by atoms with E-state index in [2.05, 4.69) is 0 Å². The van der Waals surface area contributed by atoms with Crippen molar-refractivity contribution in [3.05, 3.63) is 95.6 Å². The van der Waals surface area contributed by atoms with Crippen LogP contribution in [0.5, 0.6) is 11.5 Å². The predicted molar refractivity (Wildman–Crippen MR) is 130 cm³/mol. The molecule has 0 aliphatic carbocycles. The van der Waals surface area contributed by atoms with Crippen LogP contribution in [0.1, 0.15) is 21.5 Å². The number of nitrogens with zero attached hydrogens (tertiary/aromatic N) is 1. The van der Waals surface area contributed by atoms with Crippen LogP contribution in [-0.4, -0.2) is 40.3 Å². The number of rotatable bonds is 7. The quantitative estimate of drug-likeness (QED) is 0.521. The van der Waals surface area contributed by atoms with Crippen LogP contribution in [-0.2, 0) is 15.6 Å². The Morgan fingerprint density at radius 2 is 1.64 bits per heavy atom. The smallest absolute Gasteiger partial charge is 0.258 e. The molecule has 0 fully saturated rings. The fourth-order valence-electron chi connectivity index (χ4n) is 3.57. The molecule has 0 saturated carbocycles. The van der Waals surface area contributed by atoms with Crippen LogP contribution in [0.15, 0.2) is 78.9 Å². The van der Waals surface area contributed by atoms with E-state index in [9.17, 15) is 13.2 Å². The van der Waals surface area contributed by atoms with Crippen molar-refractivity contribution in [3.63, 3.8) is 0 Å². The fraction of sp³-hybridized carbons (Fsp3) is 0.192. The summed E-state index contributed by atoms with van der Waals surface area (Å²) in [6.07, 6.45) is 5.09. The monoisotopic (exact) mass is 463 g/mol. The summed E-state index contributed by atoms with van der Waals surface area (Å²) in [5.41, 5.74) is 2.83. The normalized spacial score (nSPS) is 13.1. The lowest BCUT2D eigenvalue weighted by molar-refractivity contribution is 0.0989. The lowest BCUT2D eigenvalue weighted by Gasteiger charge is -2.25. The van der Waals surface area contributed by atoms with Crippen molar-refractivity contribution < 1.29 is 22.7 Å². The first-order chi connectivity index (χ1) is 15.9. The molecular formula is C26H25NO5S. The van der Waals surface area contributed by atoms with Crippen LogP contribution in [0.2, 0.25) is 0 Å². The van der Waals surface area contributed by atoms with Gasteiger partial charge in [0.1, 0.15) is 13.2 Å². The number of fused-ring (bicyclic) bond motifs is 1. The summed E-state index contributed by atoms with van der Waals surface area (Å²) in [5.74, 6) is 0.998. The van der Waals surface area contributed by atoms with Crippen LogP contribution in [0.3, 0.4) is 0 Å². The average molecular weight is 464 g/mol. The largest absolute Gasteiger partial charge is 0.486 e. The van der Waals surface area contributed by atoms with Crippen LogP contribution in [0.4, 0.5) is 5.69 Å². The number of hydrogen-bond donors (Lipinski definition) is 0. The first-order valence-electron chi connectivity index (χ1n) is 10.6. The number of sulfone groups is 1. The Kier molecular flexibility index (Phi) is 6.79. The van der Waals surface area contributed by atoms with E-state index >= 15 is 0 Å². The molecule has 0 unspecified atom stereocenters. The summed E-state index contributed by atoms with van der Waals surface area (Å²) < 4.78 is 34.4. The standard InChI is InChI=1S/C26H25NO5S/c1-33(29,30)19-21-9-11-22(12-10-21)26(28)27(15-5-8-20-6-3-2-4-7-20)23-13-14-24-25(18-23)32-17-16-31-24/h2-14,18H,15-17,19H2,1H3/b8-5+. The molecule has 6 nitrogen and oxygen atoms in total. The molecule has 33 heavy (non-hydrogen) atoms. The number of benzene rings is 3. The van der Waals surface area contributed by atoms with Gasteiger partial charge in [0.05, 0.1) is 5.75 Å². The highest BCUT2D eigenvalue weighted by Crippen LogP contribution is 2.34. The lowest BCUT2D eigenvalue weighted by Crippen LogP contribution is -2.31. The number of amides is 1. The number of hydrogen-bond acceptors (Lipinski definition) is 5. The summed E-state index contributed by atoms with van der Waals surface area (Å²) in [6, 6.07) is 22.0. The Balaban J connectivity index is 1.61. The molecule has 1 heterocycles. The highest BCUT2D eigenvalue weighted by Gasteiger charge is 2.20. The molecule has 1 amide bonds. The Bertz CT molecular complexity index is 1250. The third-order valence-electron chi connectivity index (χ3n) is 5.11. The average Bonchev–Trinajstić information content (AvgIpc) is 2.81. The number of carbonyl (C=O) groups is 1. The van der Waals surface area contributed by atoms with Crippen molar-refractivity contribution in [2.24, 2.45) is 0 Å².